The second-order valence-corrected chi connectivity index (χ2v) is 6.43. The Bertz CT molecular complexity index is 822. The summed E-state index contributed by atoms with van der Waals surface area (Å²) in [5.41, 5.74) is 10.4. The Morgan fingerprint density at radius 3 is 2.50 bits per heavy atom. The fourth-order valence-electron chi connectivity index (χ4n) is 2.41. The molecule has 0 aliphatic carbocycles. The van der Waals surface area contributed by atoms with E-state index < -0.39 is 11.7 Å². The third-order valence-electron chi connectivity index (χ3n) is 3.60. The van der Waals surface area contributed by atoms with Crippen molar-refractivity contribution in [1.82, 2.24) is 4.98 Å². The van der Waals surface area contributed by atoms with Crippen molar-refractivity contribution in [2.45, 2.75) is 19.4 Å². The number of fused-ring (bicyclic) bond motifs is 1. The zero-order chi connectivity index (χ0) is 15.7. The number of hydrogen-bond donors (Lipinski definition) is 1. The maximum atomic E-state index is 11.0. The van der Waals surface area contributed by atoms with Gasteiger partial charge < -0.3 is 10.5 Å². The molecule has 112 valence electrons. The summed E-state index contributed by atoms with van der Waals surface area (Å²) in [4.78, 5) is 15.3. The van der Waals surface area contributed by atoms with Gasteiger partial charge in [-0.3, -0.25) is 0 Å². The van der Waals surface area contributed by atoms with Gasteiger partial charge in [0, 0.05) is 0 Å². The van der Waals surface area contributed by atoms with Gasteiger partial charge in [0.25, 0.3) is 0 Å². The average molecular weight is 312 g/mol. The first-order valence-electron chi connectivity index (χ1n) is 6.88. The van der Waals surface area contributed by atoms with Crippen LogP contribution in [0, 0.1) is 0 Å². The lowest BCUT2D eigenvalue weighted by Crippen LogP contribution is -2.28. The molecule has 2 N–H and O–H groups in total. The number of hydrogen-bond acceptors (Lipinski definition) is 4. The average Bonchev–Trinajstić information content (AvgIpc) is 2.93. The van der Waals surface area contributed by atoms with Crippen molar-refractivity contribution in [3.05, 3.63) is 53.5 Å². The van der Waals surface area contributed by atoms with Gasteiger partial charge in [-0.1, -0.05) is 30.3 Å². The van der Waals surface area contributed by atoms with E-state index in [1.807, 2.05) is 49.7 Å². The van der Waals surface area contributed by atoms with Crippen LogP contribution in [-0.4, -0.2) is 11.1 Å². The molecule has 0 atom stereocenters. The maximum Gasteiger partial charge on any atom is 0.405 e. The van der Waals surface area contributed by atoms with Crippen LogP contribution in [-0.2, 0) is 10.3 Å². The molecule has 0 aliphatic rings. The fraction of sp³-hybridized carbons (Fsp3) is 0.176. The van der Waals surface area contributed by atoms with E-state index in [-0.39, 0.29) is 0 Å². The number of nitrogens with two attached hydrogens (primary N) is 1. The largest absolute Gasteiger partial charge is 0.439 e. The second-order valence-electron chi connectivity index (χ2n) is 5.54. The second kappa shape index (κ2) is 5.42. The van der Waals surface area contributed by atoms with Crippen LogP contribution < -0.4 is 5.73 Å². The maximum absolute atomic E-state index is 11.0. The smallest absolute Gasteiger partial charge is 0.405 e. The van der Waals surface area contributed by atoms with E-state index in [1.165, 1.54) is 4.70 Å². The van der Waals surface area contributed by atoms with E-state index in [1.54, 1.807) is 11.3 Å². The van der Waals surface area contributed by atoms with Gasteiger partial charge in [0.15, 0.2) is 0 Å². The molecule has 3 rings (SSSR count). The van der Waals surface area contributed by atoms with Gasteiger partial charge in [-0.2, -0.15) is 0 Å². The molecule has 0 saturated carbocycles. The van der Waals surface area contributed by atoms with E-state index in [9.17, 15) is 4.79 Å². The standard InChI is InChI=1S/C17H16N2O2S/c1-17(2,21-16(18)20)13-6-3-11(4-7-13)12-5-8-14-15(9-12)22-10-19-14/h3-10H,1-2H3,(H2,18,20). The summed E-state index contributed by atoms with van der Waals surface area (Å²) in [6.07, 6.45) is -0.773. The van der Waals surface area contributed by atoms with Crippen LogP contribution in [0.25, 0.3) is 21.3 Å². The molecule has 0 spiro atoms. The highest BCUT2D eigenvalue weighted by molar-refractivity contribution is 7.16. The number of carbonyl (C=O) groups is 1. The van der Waals surface area contributed by atoms with Crippen LogP contribution in [0.4, 0.5) is 4.79 Å². The minimum atomic E-state index is -0.773. The van der Waals surface area contributed by atoms with E-state index >= 15 is 0 Å². The molecule has 0 bridgehead atoms. The first kappa shape index (κ1) is 14.5. The topological polar surface area (TPSA) is 65.2 Å². The number of aromatic nitrogens is 1. The molecular weight excluding hydrogens is 296 g/mol. The Labute approximate surface area is 132 Å². The van der Waals surface area contributed by atoms with Gasteiger partial charge in [0.2, 0.25) is 0 Å². The Morgan fingerprint density at radius 2 is 1.82 bits per heavy atom. The number of thiazole rings is 1. The molecule has 4 nitrogen and oxygen atoms in total. The molecule has 3 aromatic rings. The molecule has 5 heteroatoms. The van der Waals surface area contributed by atoms with E-state index in [0.29, 0.717) is 0 Å². The quantitative estimate of drug-likeness (QED) is 0.784. The molecule has 1 amide bonds. The van der Waals surface area contributed by atoms with Crippen LogP contribution in [0.3, 0.4) is 0 Å². The summed E-state index contributed by atoms with van der Waals surface area (Å²) in [5.74, 6) is 0. The first-order valence-corrected chi connectivity index (χ1v) is 7.76. The Balaban J connectivity index is 1.92. The van der Waals surface area contributed by atoms with Crippen molar-refractivity contribution in [2.24, 2.45) is 5.73 Å². The van der Waals surface area contributed by atoms with Gasteiger partial charge in [-0.15, -0.1) is 11.3 Å². The van der Waals surface area contributed by atoms with Crippen LogP contribution in [0.1, 0.15) is 19.4 Å². The van der Waals surface area contributed by atoms with Crippen molar-refractivity contribution in [1.29, 1.82) is 0 Å². The summed E-state index contributed by atoms with van der Waals surface area (Å²) in [5, 5.41) is 0. The Morgan fingerprint density at radius 1 is 1.14 bits per heavy atom. The molecule has 0 fully saturated rings. The number of benzene rings is 2. The zero-order valence-corrected chi connectivity index (χ0v) is 13.2. The highest BCUT2D eigenvalue weighted by Gasteiger charge is 2.24. The van der Waals surface area contributed by atoms with E-state index in [2.05, 4.69) is 17.1 Å². The predicted molar refractivity (Wildman–Crippen MR) is 88.8 cm³/mol. The third kappa shape index (κ3) is 2.80. The molecule has 22 heavy (non-hydrogen) atoms. The van der Waals surface area contributed by atoms with Crippen molar-refractivity contribution < 1.29 is 9.53 Å². The Hall–Kier alpha value is -2.40. The monoisotopic (exact) mass is 312 g/mol. The first-order chi connectivity index (χ1) is 10.5. The highest BCUT2D eigenvalue weighted by Crippen LogP contribution is 2.29. The lowest BCUT2D eigenvalue weighted by Gasteiger charge is -2.24. The van der Waals surface area contributed by atoms with Crippen LogP contribution in [0.2, 0.25) is 0 Å². The molecule has 1 aromatic heterocycles. The van der Waals surface area contributed by atoms with Crippen LogP contribution in [0.5, 0.6) is 0 Å². The number of carbonyl (C=O) groups excluding carboxylic acids is 1. The predicted octanol–water partition coefficient (Wildman–Crippen LogP) is 4.29. The van der Waals surface area contributed by atoms with Crippen molar-refractivity contribution in [2.75, 3.05) is 0 Å². The summed E-state index contributed by atoms with van der Waals surface area (Å²) >= 11 is 1.63. The SMILES string of the molecule is CC(C)(OC(N)=O)c1ccc(-c2ccc3ncsc3c2)cc1. The number of rotatable bonds is 3. The van der Waals surface area contributed by atoms with Gasteiger partial charge in [-0.25, -0.2) is 9.78 Å². The molecule has 0 saturated heterocycles. The van der Waals surface area contributed by atoms with Crippen molar-refractivity contribution >= 4 is 27.6 Å². The van der Waals surface area contributed by atoms with Crippen molar-refractivity contribution in [3.63, 3.8) is 0 Å². The van der Waals surface area contributed by atoms with Crippen LogP contribution >= 0.6 is 11.3 Å². The number of nitrogens with zero attached hydrogens (tertiary/aromatic N) is 1. The lowest BCUT2D eigenvalue weighted by atomic mass is 9.95. The summed E-state index contributed by atoms with van der Waals surface area (Å²) in [6, 6.07) is 14.2. The molecule has 0 unspecified atom stereocenters. The van der Waals surface area contributed by atoms with Crippen LogP contribution in [0.15, 0.2) is 48.0 Å². The van der Waals surface area contributed by atoms with Gasteiger partial charge >= 0.3 is 6.09 Å². The van der Waals surface area contributed by atoms with Crippen molar-refractivity contribution in [3.8, 4) is 11.1 Å². The summed E-state index contributed by atoms with van der Waals surface area (Å²) < 4.78 is 6.31. The molecule has 0 radical (unpaired) electrons. The number of primary amides is 1. The molecule has 2 aromatic carbocycles. The van der Waals surface area contributed by atoms with Gasteiger partial charge in [0.1, 0.15) is 5.60 Å². The number of ether oxygens (including phenoxy) is 1. The van der Waals surface area contributed by atoms with Gasteiger partial charge in [-0.05, 0) is 42.7 Å². The summed E-state index contributed by atoms with van der Waals surface area (Å²) in [6.45, 7) is 3.63. The fourth-order valence-corrected chi connectivity index (χ4v) is 3.13. The lowest BCUT2D eigenvalue weighted by molar-refractivity contribution is 0.0432. The molecule has 1 heterocycles. The Kier molecular flexibility index (Phi) is 3.58. The summed E-state index contributed by atoms with van der Waals surface area (Å²) in [7, 11) is 0. The third-order valence-corrected chi connectivity index (χ3v) is 4.39. The highest BCUT2D eigenvalue weighted by atomic mass is 32.1. The van der Waals surface area contributed by atoms with Gasteiger partial charge in [0.05, 0.1) is 15.7 Å². The normalized spacial score (nSPS) is 11.5. The van der Waals surface area contributed by atoms with E-state index in [0.717, 1.165) is 22.2 Å². The molecule has 0 aliphatic heterocycles. The number of amides is 1. The van der Waals surface area contributed by atoms with E-state index in [4.69, 9.17) is 10.5 Å². The minimum absolute atomic E-state index is 0.744. The molecular formula is C17H16N2O2S. The minimum Gasteiger partial charge on any atom is -0.439 e. The zero-order valence-electron chi connectivity index (χ0n) is 12.4.